The van der Waals surface area contributed by atoms with Gasteiger partial charge in [-0.05, 0) is 31.2 Å². The minimum atomic E-state index is -0.558. The topological polar surface area (TPSA) is 123 Å². The van der Waals surface area contributed by atoms with Gasteiger partial charge in [-0.15, -0.1) is 0 Å². The molecule has 2 aromatic carbocycles. The number of hydrazone groups is 1. The van der Waals surface area contributed by atoms with E-state index in [1.165, 1.54) is 36.4 Å². The Hall–Kier alpha value is -3.17. The van der Waals surface area contributed by atoms with Crippen LogP contribution in [0.2, 0.25) is 10.0 Å². The number of rotatable bonds is 8. The Bertz CT molecular complexity index is 965. The van der Waals surface area contributed by atoms with Gasteiger partial charge in [-0.1, -0.05) is 29.3 Å². The van der Waals surface area contributed by atoms with E-state index < -0.39 is 16.7 Å². The van der Waals surface area contributed by atoms with Crippen molar-refractivity contribution in [3.05, 3.63) is 62.6 Å². The summed E-state index contributed by atoms with van der Waals surface area (Å²) in [5, 5.41) is 17.8. The molecule has 0 fully saturated rings. The highest BCUT2D eigenvalue weighted by Gasteiger charge is 2.10. The molecule has 2 amide bonds. The molecule has 0 aliphatic rings. The Morgan fingerprint density at radius 1 is 1.17 bits per heavy atom. The summed E-state index contributed by atoms with van der Waals surface area (Å²) in [6, 6.07) is 10.1. The normalized spacial score (nSPS) is 10.9. The predicted molar refractivity (Wildman–Crippen MR) is 110 cm³/mol. The minimum absolute atomic E-state index is 0.118. The maximum atomic E-state index is 12.0. The van der Waals surface area contributed by atoms with Gasteiger partial charge in [-0.3, -0.25) is 19.7 Å². The second-order valence-corrected chi connectivity index (χ2v) is 6.62. The van der Waals surface area contributed by atoms with Crippen LogP contribution in [-0.4, -0.2) is 29.1 Å². The number of amides is 2. The van der Waals surface area contributed by atoms with Crippen molar-refractivity contribution < 1.29 is 19.2 Å². The van der Waals surface area contributed by atoms with Crippen molar-refractivity contribution in [3.63, 3.8) is 0 Å². The molecule has 0 saturated heterocycles. The average molecular weight is 439 g/mol. The predicted octanol–water partition coefficient (Wildman–Crippen LogP) is 3.80. The summed E-state index contributed by atoms with van der Waals surface area (Å²) in [5.74, 6) is -0.692. The number of benzene rings is 2. The third-order valence-electron chi connectivity index (χ3n) is 3.38. The summed E-state index contributed by atoms with van der Waals surface area (Å²) in [6.07, 6.45) is -0.118. The van der Waals surface area contributed by atoms with Crippen LogP contribution >= 0.6 is 23.2 Å². The number of carbonyl (C=O) groups is 2. The molecule has 2 N–H and O–H groups in total. The van der Waals surface area contributed by atoms with Crippen LogP contribution in [0, 0.1) is 10.1 Å². The lowest BCUT2D eigenvalue weighted by atomic mass is 10.2. The van der Waals surface area contributed by atoms with Crippen LogP contribution in [0.3, 0.4) is 0 Å². The quantitative estimate of drug-likeness (QED) is 0.368. The second-order valence-electron chi connectivity index (χ2n) is 5.78. The van der Waals surface area contributed by atoms with E-state index in [1.54, 1.807) is 13.0 Å². The van der Waals surface area contributed by atoms with Gasteiger partial charge in [0.2, 0.25) is 5.91 Å². The van der Waals surface area contributed by atoms with Crippen LogP contribution in [-0.2, 0) is 9.59 Å². The zero-order valence-corrected chi connectivity index (χ0v) is 16.7. The third kappa shape index (κ3) is 7.40. The van der Waals surface area contributed by atoms with Gasteiger partial charge in [0.1, 0.15) is 5.75 Å². The Kier molecular flexibility index (Phi) is 7.93. The maximum absolute atomic E-state index is 12.0. The van der Waals surface area contributed by atoms with Crippen molar-refractivity contribution >= 4 is 52.1 Å². The van der Waals surface area contributed by atoms with E-state index in [2.05, 4.69) is 15.8 Å². The van der Waals surface area contributed by atoms with E-state index in [0.29, 0.717) is 16.5 Å². The van der Waals surface area contributed by atoms with Crippen molar-refractivity contribution in [2.24, 2.45) is 5.10 Å². The van der Waals surface area contributed by atoms with E-state index in [9.17, 15) is 19.7 Å². The standard InChI is InChI=1S/C18H16Cl2N4O5/c1-11(7-17(25)21-13-3-2-4-14(9-13)24(27)28)22-23-18(26)10-29-16-6-5-12(19)8-15(16)20/h2-6,8-9H,7,10H2,1H3,(H,21,25)(H,23,26)/b22-11-. The highest BCUT2D eigenvalue weighted by Crippen LogP contribution is 2.27. The van der Waals surface area contributed by atoms with Gasteiger partial charge in [-0.2, -0.15) is 5.10 Å². The number of carbonyl (C=O) groups excluding carboxylic acids is 2. The van der Waals surface area contributed by atoms with Crippen molar-refractivity contribution in [1.82, 2.24) is 5.43 Å². The van der Waals surface area contributed by atoms with Crippen molar-refractivity contribution in [2.45, 2.75) is 13.3 Å². The van der Waals surface area contributed by atoms with Crippen LogP contribution in [0.15, 0.2) is 47.6 Å². The molecule has 2 aromatic rings. The van der Waals surface area contributed by atoms with Crippen LogP contribution in [0.4, 0.5) is 11.4 Å². The van der Waals surface area contributed by atoms with Crippen molar-refractivity contribution in [2.75, 3.05) is 11.9 Å². The lowest BCUT2D eigenvalue weighted by Crippen LogP contribution is -2.26. The summed E-state index contributed by atoms with van der Waals surface area (Å²) in [4.78, 5) is 34.0. The molecule has 0 aliphatic carbocycles. The van der Waals surface area contributed by atoms with E-state index in [-0.39, 0.29) is 29.4 Å². The molecule has 0 saturated carbocycles. The number of nitro groups is 1. The fourth-order valence-electron chi connectivity index (χ4n) is 2.10. The second kappa shape index (κ2) is 10.4. The molecule has 29 heavy (non-hydrogen) atoms. The lowest BCUT2D eigenvalue weighted by molar-refractivity contribution is -0.384. The molecule has 0 unspecified atom stereocenters. The summed E-state index contributed by atoms with van der Waals surface area (Å²) in [6.45, 7) is 1.21. The first kappa shape index (κ1) is 22.1. The van der Waals surface area contributed by atoms with E-state index in [4.69, 9.17) is 27.9 Å². The van der Waals surface area contributed by atoms with Gasteiger partial charge in [0.25, 0.3) is 11.6 Å². The van der Waals surface area contributed by atoms with Crippen LogP contribution in [0.1, 0.15) is 13.3 Å². The Labute approximate surface area is 175 Å². The van der Waals surface area contributed by atoms with Gasteiger partial charge in [0.15, 0.2) is 6.61 Å². The number of halogens is 2. The fourth-order valence-corrected chi connectivity index (χ4v) is 2.56. The largest absolute Gasteiger partial charge is 0.482 e. The van der Waals surface area contributed by atoms with Crippen LogP contribution in [0.25, 0.3) is 0 Å². The van der Waals surface area contributed by atoms with Crippen molar-refractivity contribution in [1.29, 1.82) is 0 Å². The SMILES string of the molecule is C/C(CC(=O)Nc1cccc([N+](=O)[O-])c1)=N/NC(=O)COc1ccc(Cl)cc1Cl. The molecule has 2 rings (SSSR count). The number of anilines is 1. The Morgan fingerprint density at radius 2 is 1.93 bits per heavy atom. The highest BCUT2D eigenvalue weighted by molar-refractivity contribution is 6.35. The van der Waals surface area contributed by atoms with E-state index in [1.807, 2.05) is 0 Å². The number of hydrogen-bond acceptors (Lipinski definition) is 6. The molecule has 0 bridgehead atoms. The van der Waals surface area contributed by atoms with Crippen molar-refractivity contribution in [3.8, 4) is 5.75 Å². The summed E-state index contributed by atoms with van der Waals surface area (Å²) >= 11 is 11.7. The number of nitro benzene ring substituents is 1. The average Bonchev–Trinajstić information content (AvgIpc) is 2.65. The summed E-state index contributed by atoms with van der Waals surface area (Å²) < 4.78 is 5.27. The molecular formula is C18H16Cl2N4O5. The third-order valence-corrected chi connectivity index (χ3v) is 3.91. The summed E-state index contributed by atoms with van der Waals surface area (Å²) in [5.41, 5.74) is 2.74. The maximum Gasteiger partial charge on any atom is 0.277 e. The molecule has 0 spiro atoms. The molecular weight excluding hydrogens is 423 g/mol. The van der Waals surface area contributed by atoms with Crippen LogP contribution in [0.5, 0.6) is 5.75 Å². The Morgan fingerprint density at radius 3 is 2.62 bits per heavy atom. The smallest absolute Gasteiger partial charge is 0.277 e. The number of non-ortho nitro benzene ring substituents is 1. The van der Waals surface area contributed by atoms with Gasteiger partial charge in [0.05, 0.1) is 16.4 Å². The highest BCUT2D eigenvalue weighted by atomic mass is 35.5. The zero-order valence-electron chi connectivity index (χ0n) is 15.1. The number of nitrogens with zero attached hydrogens (tertiary/aromatic N) is 2. The first-order valence-electron chi connectivity index (χ1n) is 8.19. The molecule has 0 atom stereocenters. The van der Waals surface area contributed by atoms with Gasteiger partial charge >= 0.3 is 0 Å². The van der Waals surface area contributed by atoms with Crippen LogP contribution < -0.4 is 15.5 Å². The number of nitrogens with one attached hydrogen (secondary N) is 2. The monoisotopic (exact) mass is 438 g/mol. The lowest BCUT2D eigenvalue weighted by Gasteiger charge is -2.08. The van der Waals surface area contributed by atoms with Gasteiger partial charge in [0, 0.05) is 28.6 Å². The molecule has 9 nitrogen and oxygen atoms in total. The number of hydrogen-bond donors (Lipinski definition) is 2. The molecule has 0 heterocycles. The summed E-state index contributed by atoms with van der Waals surface area (Å²) in [7, 11) is 0. The fraction of sp³-hybridized carbons (Fsp3) is 0.167. The van der Waals surface area contributed by atoms with Gasteiger partial charge in [-0.25, -0.2) is 5.43 Å². The number of ether oxygens (including phenoxy) is 1. The van der Waals surface area contributed by atoms with Gasteiger partial charge < -0.3 is 10.1 Å². The van der Waals surface area contributed by atoms with E-state index >= 15 is 0 Å². The molecule has 0 radical (unpaired) electrons. The zero-order chi connectivity index (χ0) is 21.4. The molecule has 0 aliphatic heterocycles. The van der Waals surface area contributed by atoms with E-state index in [0.717, 1.165) is 0 Å². The first-order chi connectivity index (χ1) is 13.7. The Balaban J connectivity index is 1.81. The minimum Gasteiger partial charge on any atom is -0.482 e. The molecule has 152 valence electrons. The molecule has 0 aromatic heterocycles. The first-order valence-corrected chi connectivity index (χ1v) is 8.94. The molecule has 11 heteroatoms.